The highest BCUT2D eigenvalue weighted by Gasteiger charge is 2.43. The zero-order valence-corrected chi connectivity index (χ0v) is 20.0. The fourth-order valence-corrected chi connectivity index (χ4v) is 5.46. The van der Waals surface area contributed by atoms with Crippen LogP contribution in [0.25, 0.3) is 11.3 Å². The Hall–Kier alpha value is -2.27. The molecule has 0 fully saturated rings. The van der Waals surface area contributed by atoms with Gasteiger partial charge in [-0.2, -0.15) is 0 Å². The summed E-state index contributed by atoms with van der Waals surface area (Å²) < 4.78 is 47.5. The van der Waals surface area contributed by atoms with Crippen molar-refractivity contribution in [2.75, 3.05) is 11.6 Å². The number of thiazole rings is 1. The Morgan fingerprint density at radius 3 is 2.06 bits per heavy atom. The molecule has 0 saturated heterocycles. The van der Waals surface area contributed by atoms with Crippen molar-refractivity contribution in [1.29, 1.82) is 0 Å². The maximum Gasteiger partial charge on any atom is 0.247 e. The van der Waals surface area contributed by atoms with Crippen molar-refractivity contribution in [3.63, 3.8) is 0 Å². The fraction of sp³-hybridized carbons (Fsp3) is 0.200. The van der Waals surface area contributed by atoms with Crippen LogP contribution in [0.2, 0.25) is 5.02 Å². The molecule has 1 amide bonds. The van der Waals surface area contributed by atoms with Crippen LogP contribution in [0.5, 0.6) is 0 Å². The first-order valence-electron chi connectivity index (χ1n) is 8.90. The number of sulfone groups is 2. The van der Waals surface area contributed by atoms with Crippen LogP contribution in [0.4, 0.5) is 5.13 Å². The first-order valence-corrected chi connectivity index (χ1v) is 13.5. The van der Waals surface area contributed by atoms with E-state index in [-0.39, 0.29) is 14.9 Å². The van der Waals surface area contributed by atoms with E-state index in [2.05, 4.69) is 10.3 Å². The highest BCUT2D eigenvalue weighted by atomic mass is 35.5. The summed E-state index contributed by atoms with van der Waals surface area (Å²) in [4.78, 5) is 17.0. The Labute approximate surface area is 189 Å². The van der Waals surface area contributed by atoms with Gasteiger partial charge in [-0.25, -0.2) is 21.8 Å². The number of hydrogen-bond acceptors (Lipinski definition) is 7. The second-order valence-corrected chi connectivity index (χ2v) is 13.1. The summed E-state index contributed by atoms with van der Waals surface area (Å²) in [6, 6.07) is 11.8. The van der Waals surface area contributed by atoms with E-state index in [1.54, 1.807) is 29.6 Å². The highest BCUT2D eigenvalue weighted by Crippen LogP contribution is 2.30. The van der Waals surface area contributed by atoms with E-state index in [1.165, 1.54) is 49.4 Å². The zero-order valence-electron chi connectivity index (χ0n) is 16.8. The lowest BCUT2D eigenvalue weighted by Gasteiger charge is -2.23. The van der Waals surface area contributed by atoms with Gasteiger partial charge in [0.1, 0.15) is 4.75 Å². The predicted octanol–water partition coefficient (Wildman–Crippen LogP) is 4.06. The average molecular weight is 499 g/mol. The lowest BCUT2D eigenvalue weighted by molar-refractivity contribution is -0.117. The third-order valence-corrected chi connectivity index (χ3v) is 9.21. The number of anilines is 1. The molecule has 0 radical (unpaired) electrons. The van der Waals surface area contributed by atoms with E-state index < -0.39 is 30.3 Å². The summed E-state index contributed by atoms with van der Waals surface area (Å²) in [6.45, 7) is 2.58. The Kier molecular flexibility index (Phi) is 6.30. The molecule has 0 aliphatic heterocycles. The monoisotopic (exact) mass is 498 g/mol. The van der Waals surface area contributed by atoms with E-state index in [0.717, 1.165) is 11.8 Å². The Balaban J connectivity index is 1.82. The van der Waals surface area contributed by atoms with Crippen molar-refractivity contribution in [3.05, 3.63) is 58.9 Å². The number of halogens is 1. The van der Waals surface area contributed by atoms with Gasteiger partial charge < -0.3 is 5.32 Å². The standard InChI is InChI=1S/C20H19ClN2O5S3/c1-20(2,31(27,28)16-10-8-15(9-11-16)30(3,25)26)18(24)23-19-22-17(12-29-19)13-4-6-14(21)7-5-13/h4-12H,1-3H3,(H,22,23,24). The van der Waals surface area contributed by atoms with Crippen molar-refractivity contribution >= 4 is 53.7 Å². The van der Waals surface area contributed by atoms with E-state index in [0.29, 0.717) is 10.7 Å². The molecule has 11 heteroatoms. The Morgan fingerprint density at radius 2 is 1.52 bits per heavy atom. The van der Waals surface area contributed by atoms with E-state index >= 15 is 0 Å². The molecule has 7 nitrogen and oxygen atoms in total. The first-order chi connectivity index (χ1) is 14.3. The number of hydrogen-bond donors (Lipinski definition) is 1. The molecule has 0 atom stereocenters. The van der Waals surface area contributed by atoms with Gasteiger partial charge in [-0.05, 0) is 50.2 Å². The lowest BCUT2D eigenvalue weighted by atomic mass is 10.2. The maximum absolute atomic E-state index is 13.1. The molecule has 31 heavy (non-hydrogen) atoms. The largest absolute Gasteiger partial charge is 0.301 e. The summed E-state index contributed by atoms with van der Waals surface area (Å²) >= 11 is 7.05. The molecule has 1 aromatic heterocycles. The van der Waals surface area contributed by atoms with Gasteiger partial charge in [-0.1, -0.05) is 23.7 Å². The fourth-order valence-electron chi connectivity index (χ4n) is 2.61. The summed E-state index contributed by atoms with van der Waals surface area (Å²) in [7, 11) is -7.58. The molecule has 164 valence electrons. The van der Waals surface area contributed by atoms with Crippen molar-refractivity contribution < 1.29 is 21.6 Å². The Bertz CT molecular complexity index is 1330. The van der Waals surface area contributed by atoms with Gasteiger partial charge in [-0.3, -0.25) is 4.79 Å². The first kappa shape index (κ1) is 23.4. The highest BCUT2D eigenvalue weighted by molar-refractivity contribution is 7.93. The second kappa shape index (κ2) is 8.34. The minimum atomic E-state index is -4.11. The van der Waals surface area contributed by atoms with Crippen molar-refractivity contribution in [3.8, 4) is 11.3 Å². The molecule has 1 heterocycles. The van der Waals surface area contributed by atoms with E-state index in [9.17, 15) is 21.6 Å². The molecule has 0 aliphatic carbocycles. The molecule has 1 N–H and O–H groups in total. The van der Waals surface area contributed by atoms with Gasteiger partial charge in [0.15, 0.2) is 24.8 Å². The number of carbonyl (C=O) groups excluding carboxylic acids is 1. The molecular formula is C20H19ClN2O5S3. The quantitative estimate of drug-likeness (QED) is 0.548. The molecule has 0 saturated carbocycles. The molecule has 0 bridgehead atoms. The van der Waals surface area contributed by atoms with Crippen LogP contribution in [0.15, 0.2) is 63.7 Å². The van der Waals surface area contributed by atoms with Crippen LogP contribution in [0.3, 0.4) is 0 Å². The zero-order chi connectivity index (χ0) is 23.0. The van der Waals surface area contributed by atoms with Crippen LogP contribution in [0, 0.1) is 0 Å². The third kappa shape index (κ3) is 4.82. The SMILES string of the molecule is CC(C)(C(=O)Nc1nc(-c2ccc(Cl)cc2)cs1)S(=O)(=O)c1ccc(S(C)(=O)=O)cc1. The molecule has 3 aromatic rings. The van der Waals surface area contributed by atoms with Gasteiger partial charge in [0, 0.05) is 22.2 Å². The van der Waals surface area contributed by atoms with Gasteiger partial charge in [0.05, 0.1) is 15.5 Å². The van der Waals surface area contributed by atoms with Crippen LogP contribution in [-0.2, 0) is 24.5 Å². The van der Waals surface area contributed by atoms with Crippen LogP contribution in [0.1, 0.15) is 13.8 Å². The molecule has 0 unspecified atom stereocenters. The number of amides is 1. The third-order valence-electron chi connectivity index (χ3n) is 4.65. The minimum Gasteiger partial charge on any atom is -0.301 e. The number of benzene rings is 2. The molecule has 0 aliphatic rings. The van der Waals surface area contributed by atoms with Crippen molar-refractivity contribution in [2.24, 2.45) is 0 Å². The number of aromatic nitrogens is 1. The van der Waals surface area contributed by atoms with Gasteiger partial charge >= 0.3 is 0 Å². The summed E-state index contributed by atoms with van der Waals surface area (Å²) in [5.41, 5.74) is 1.42. The summed E-state index contributed by atoms with van der Waals surface area (Å²) in [5, 5.41) is 5.15. The normalized spacial score (nSPS) is 12.5. The topological polar surface area (TPSA) is 110 Å². The molecule has 0 spiro atoms. The van der Waals surface area contributed by atoms with Crippen LogP contribution < -0.4 is 5.32 Å². The average Bonchev–Trinajstić information content (AvgIpc) is 3.16. The molecule has 3 rings (SSSR count). The summed E-state index contributed by atoms with van der Waals surface area (Å²) in [5.74, 6) is -0.753. The minimum absolute atomic E-state index is 0.00813. The smallest absolute Gasteiger partial charge is 0.247 e. The van der Waals surface area contributed by atoms with Gasteiger partial charge in [-0.15, -0.1) is 11.3 Å². The van der Waals surface area contributed by atoms with Gasteiger partial charge in [0.25, 0.3) is 0 Å². The number of nitrogens with one attached hydrogen (secondary N) is 1. The van der Waals surface area contributed by atoms with Gasteiger partial charge in [0.2, 0.25) is 5.91 Å². The van der Waals surface area contributed by atoms with Crippen LogP contribution >= 0.6 is 22.9 Å². The maximum atomic E-state index is 13.1. The second-order valence-electron chi connectivity index (χ2n) is 7.26. The van der Waals surface area contributed by atoms with Crippen molar-refractivity contribution in [2.45, 2.75) is 28.4 Å². The van der Waals surface area contributed by atoms with Crippen molar-refractivity contribution in [1.82, 2.24) is 4.98 Å². The number of carbonyl (C=O) groups is 1. The number of nitrogens with zero attached hydrogens (tertiary/aromatic N) is 1. The molecule has 2 aromatic carbocycles. The van der Waals surface area contributed by atoms with E-state index in [1.807, 2.05) is 0 Å². The van der Waals surface area contributed by atoms with Crippen LogP contribution in [-0.4, -0.2) is 38.7 Å². The summed E-state index contributed by atoms with van der Waals surface area (Å²) in [6.07, 6.45) is 1.03. The lowest BCUT2D eigenvalue weighted by Crippen LogP contribution is -2.44. The molecular weight excluding hydrogens is 480 g/mol. The Morgan fingerprint density at radius 1 is 0.968 bits per heavy atom. The number of rotatable bonds is 6. The van der Waals surface area contributed by atoms with E-state index in [4.69, 9.17) is 11.6 Å². The predicted molar refractivity (Wildman–Crippen MR) is 122 cm³/mol.